The fourth-order valence-electron chi connectivity index (χ4n) is 5.25. The molecule has 0 aromatic heterocycles. The molecule has 1 saturated heterocycles. The molecule has 3 amide bonds. The Labute approximate surface area is 236 Å². The van der Waals surface area contributed by atoms with Crippen molar-refractivity contribution in [3.63, 3.8) is 0 Å². The van der Waals surface area contributed by atoms with Gasteiger partial charge in [-0.3, -0.25) is 4.79 Å². The molecule has 0 bridgehead atoms. The summed E-state index contributed by atoms with van der Waals surface area (Å²) in [5.41, 5.74) is 4.35. The standard InChI is InChI=1S/C29H33F3N6O3/c1-18(27(40)37-11-9-24(39)10-12-37)19-5-7-20(8-6-19)22-14-26-33-16-25(38(26)35-15-22)21-3-2-4-23(13-21)36-28(41)34-17-29(30,31)32/h2-3,5-8,13-16,18,23-24,26,33,39H,4,9-12,17H2,1H3,(H2,34,36,41). The van der Waals surface area contributed by atoms with Crippen molar-refractivity contribution in [3.8, 4) is 0 Å². The number of aliphatic hydroxyl groups excluding tert-OH is 1. The number of urea groups is 1. The minimum atomic E-state index is -4.48. The van der Waals surface area contributed by atoms with Crippen molar-refractivity contribution < 1.29 is 27.9 Å². The summed E-state index contributed by atoms with van der Waals surface area (Å²) in [6, 6.07) is 6.52. The van der Waals surface area contributed by atoms with E-state index in [0.717, 1.165) is 28.0 Å². The van der Waals surface area contributed by atoms with Crippen LogP contribution in [-0.2, 0) is 4.79 Å². The van der Waals surface area contributed by atoms with Gasteiger partial charge in [0.05, 0.1) is 30.0 Å². The summed E-state index contributed by atoms with van der Waals surface area (Å²) >= 11 is 0. The molecule has 1 fully saturated rings. The van der Waals surface area contributed by atoms with E-state index in [1.54, 1.807) is 17.3 Å². The van der Waals surface area contributed by atoms with Crippen LogP contribution >= 0.6 is 0 Å². The van der Waals surface area contributed by atoms with Crippen LogP contribution in [0.4, 0.5) is 18.0 Å². The van der Waals surface area contributed by atoms with E-state index in [0.29, 0.717) is 32.4 Å². The van der Waals surface area contributed by atoms with Gasteiger partial charge in [0, 0.05) is 24.9 Å². The molecule has 0 spiro atoms. The lowest BCUT2D eigenvalue weighted by Crippen LogP contribution is -2.45. The molecule has 1 aliphatic carbocycles. The number of hydrogen-bond acceptors (Lipinski definition) is 6. The summed E-state index contributed by atoms with van der Waals surface area (Å²) in [6.45, 7) is 1.67. The lowest BCUT2D eigenvalue weighted by atomic mass is 9.95. The monoisotopic (exact) mass is 570 g/mol. The van der Waals surface area contributed by atoms with Gasteiger partial charge in [0.2, 0.25) is 5.91 Å². The van der Waals surface area contributed by atoms with Crippen LogP contribution in [-0.4, -0.2) is 77.3 Å². The number of amides is 3. The molecule has 1 aromatic carbocycles. The fourth-order valence-corrected chi connectivity index (χ4v) is 5.25. The van der Waals surface area contributed by atoms with Crippen LogP contribution in [0.3, 0.4) is 0 Å². The number of piperidine rings is 1. The minimum absolute atomic E-state index is 0.0675. The van der Waals surface area contributed by atoms with Crippen LogP contribution in [0.25, 0.3) is 5.57 Å². The van der Waals surface area contributed by atoms with Crippen molar-refractivity contribution in [1.29, 1.82) is 0 Å². The molecule has 4 N–H and O–H groups in total. The van der Waals surface area contributed by atoms with Crippen LogP contribution < -0.4 is 16.0 Å². The lowest BCUT2D eigenvalue weighted by Gasteiger charge is -2.31. The fraction of sp³-hybridized carbons (Fsp3) is 0.414. The number of halogens is 3. The number of fused-ring (bicyclic) bond motifs is 1. The number of hydrazone groups is 1. The Morgan fingerprint density at radius 3 is 2.59 bits per heavy atom. The Morgan fingerprint density at radius 1 is 1.15 bits per heavy atom. The Bertz CT molecular complexity index is 1310. The summed E-state index contributed by atoms with van der Waals surface area (Å²) in [7, 11) is 0. The maximum Gasteiger partial charge on any atom is 0.405 e. The second-order valence-electron chi connectivity index (χ2n) is 10.6. The number of rotatable bonds is 6. The zero-order valence-electron chi connectivity index (χ0n) is 22.6. The van der Waals surface area contributed by atoms with E-state index in [1.165, 1.54) is 0 Å². The summed E-state index contributed by atoms with van der Waals surface area (Å²) in [5, 5.41) is 23.8. The quantitative estimate of drug-likeness (QED) is 0.420. The molecule has 0 saturated carbocycles. The molecular formula is C29H33F3N6O3. The lowest BCUT2D eigenvalue weighted by molar-refractivity contribution is -0.134. The van der Waals surface area contributed by atoms with Crippen LogP contribution in [0.2, 0.25) is 0 Å². The summed E-state index contributed by atoms with van der Waals surface area (Å²) < 4.78 is 37.2. The number of alkyl halides is 3. The van der Waals surface area contributed by atoms with Gasteiger partial charge in [0.15, 0.2) is 0 Å². The predicted octanol–water partition coefficient (Wildman–Crippen LogP) is 3.35. The second kappa shape index (κ2) is 11.8. The van der Waals surface area contributed by atoms with Crippen molar-refractivity contribution in [3.05, 3.63) is 77.2 Å². The van der Waals surface area contributed by atoms with E-state index in [2.05, 4.69) is 15.7 Å². The number of nitrogens with one attached hydrogen (secondary N) is 3. The van der Waals surface area contributed by atoms with Gasteiger partial charge >= 0.3 is 12.2 Å². The molecule has 41 heavy (non-hydrogen) atoms. The molecule has 4 aliphatic rings. The average molecular weight is 571 g/mol. The van der Waals surface area contributed by atoms with Crippen LogP contribution in [0.15, 0.2) is 71.1 Å². The van der Waals surface area contributed by atoms with Gasteiger partial charge in [-0.15, -0.1) is 0 Å². The molecule has 0 radical (unpaired) electrons. The van der Waals surface area contributed by atoms with Crippen molar-refractivity contribution >= 4 is 23.7 Å². The summed E-state index contributed by atoms with van der Waals surface area (Å²) in [4.78, 5) is 26.6. The second-order valence-corrected chi connectivity index (χ2v) is 10.6. The molecule has 3 atom stereocenters. The number of allylic oxidation sites excluding steroid dienone is 2. The first kappa shape index (κ1) is 28.5. The van der Waals surface area contributed by atoms with Gasteiger partial charge in [-0.25, -0.2) is 9.80 Å². The van der Waals surface area contributed by atoms with Gasteiger partial charge in [-0.2, -0.15) is 18.3 Å². The number of hydrogen-bond donors (Lipinski definition) is 4. The number of benzene rings is 1. The zero-order chi connectivity index (χ0) is 29.1. The van der Waals surface area contributed by atoms with Crippen molar-refractivity contribution in [2.24, 2.45) is 5.10 Å². The molecule has 5 rings (SSSR count). The molecule has 12 heteroatoms. The third kappa shape index (κ3) is 6.82. The normalized spacial score (nSPS) is 23.2. The van der Waals surface area contributed by atoms with E-state index in [4.69, 9.17) is 0 Å². The topological polar surface area (TPSA) is 109 Å². The molecular weight excluding hydrogens is 537 g/mol. The third-order valence-corrected chi connectivity index (χ3v) is 7.58. The van der Waals surface area contributed by atoms with Gasteiger partial charge < -0.3 is 26.0 Å². The zero-order valence-corrected chi connectivity index (χ0v) is 22.6. The van der Waals surface area contributed by atoms with Crippen LogP contribution in [0.1, 0.15) is 43.2 Å². The van der Waals surface area contributed by atoms with Crippen LogP contribution in [0, 0.1) is 0 Å². The first-order valence-electron chi connectivity index (χ1n) is 13.7. The highest BCUT2D eigenvalue weighted by molar-refractivity contribution is 6.10. The van der Waals surface area contributed by atoms with E-state index < -0.39 is 24.8 Å². The maximum absolute atomic E-state index is 12.9. The smallest absolute Gasteiger partial charge is 0.393 e. The Kier molecular flexibility index (Phi) is 8.20. The Morgan fingerprint density at radius 2 is 1.88 bits per heavy atom. The Hall–Kier alpha value is -4.06. The molecule has 1 aromatic rings. The largest absolute Gasteiger partial charge is 0.405 e. The molecule has 3 heterocycles. The SMILES string of the molecule is CC(C(=O)N1CCC(O)CC1)c1ccc(C2=CC3NC=C(C4=CC(NC(=O)NCC(F)(F)F)CC=C4)N3N=C2)cc1. The van der Waals surface area contributed by atoms with Gasteiger partial charge in [-0.1, -0.05) is 42.5 Å². The van der Waals surface area contributed by atoms with E-state index in [1.807, 2.05) is 65.8 Å². The van der Waals surface area contributed by atoms with Crippen molar-refractivity contribution in [2.75, 3.05) is 19.6 Å². The van der Waals surface area contributed by atoms with Gasteiger partial charge in [0.25, 0.3) is 0 Å². The molecule has 9 nitrogen and oxygen atoms in total. The molecule has 3 aliphatic heterocycles. The first-order chi connectivity index (χ1) is 19.6. The van der Waals surface area contributed by atoms with Gasteiger partial charge in [-0.05, 0) is 49.0 Å². The van der Waals surface area contributed by atoms with Crippen molar-refractivity contribution in [1.82, 2.24) is 25.9 Å². The number of aliphatic hydroxyl groups is 1. The molecule has 218 valence electrons. The number of carbonyl (C=O) groups excluding carboxylic acids is 2. The minimum Gasteiger partial charge on any atom is -0.393 e. The number of carbonyl (C=O) groups is 2. The van der Waals surface area contributed by atoms with E-state index in [9.17, 15) is 27.9 Å². The summed E-state index contributed by atoms with van der Waals surface area (Å²) in [5.74, 6) is -0.212. The Balaban J connectivity index is 1.19. The maximum atomic E-state index is 12.9. The molecule has 3 unspecified atom stereocenters. The highest BCUT2D eigenvalue weighted by Crippen LogP contribution is 2.31. The van der Waals surface area contributed by atoms with Gasteiger partial charge in [0.1, 0.15) is 12.7 Å². The average Bonchev–Trinajstić information content (AvgIpc) is 3.39. The van der Waals surface area contributed by atoms with Crippen molar-refractivity contribution in [2.45, 2.75) is 56.6 Å². The highest BCUT2D eigenvalue weighted by Gasteiger charge is 2.31. The first-order valence-corrected chi connectivity index (χ1v) is 13.7. The third-order valence-electron chi connectivity index (χ3n) is 7.58. The number of nitrogens with zero attached hydrogens (tertiary/aromatic N) is 3. The summed E-state index contributed by atoms with van der Waals surface area (Å²) in [6.07, 6.45) is 7.80. The van der Waals surface area contributed by atoms with E-state index >= 15 is 0 Å². The highest BCUT2D eigenvalue weighted by atomic mass is 19.4. The van der Waals surface area contributed by atoms with E-state index in [-0.39, 0.29) is 24.1 Å². The van der Waals surface area contributed by atoms with Crippen LogP contribution in [0.5, 0.6) is 0 Å². The number of likely N-dealkylation sites (tertiary alicyclic amines) is 1. The predicted molar refractivity (Wildman–Crippen MR) is 148 cm³/mol.